The number of hydrogen-bond acceptors (Lipinski definition) is 3. The number of ether oxygens (including phenoxy) is 1. The minimum absolute atomic E-state index is 0.00432. The lowest BCUT2D eigenvalue weighted by Gasteiger charge is -2.38. The van der Waals surface area contributed by atoms with Gasteiger partial charge in [-0.2, -0.15) is 0 Å². The molecule has 2 aliphatic heterocycles. The molecule has 2 amide bonds. The van der Waals surface area contributed by atoms with Gasteiger partial charge in [0, 0.05) is 30.5 Å². The van der Waals surface area contributed by atoms with Gasteiger partial charge in [-0.25, -0.2) is 4.39 Å². The molecule has 0 spiro atoms. The number of rotatable bonds is 8. The monoisotopic (exact) mass is 414 g/mol. The number of carbonyl (C=O) groups excluding carboxylic acids is 2. The lowest BCUT2D eigenvalue weighted by molar-refractivity contribution is -0.135. The van der Waals surface area contributed by atoms with Gasteiger partial charge in [-0.05, 0) is 56.7 Å². The lowest BCUT2D eigenvalue weighted by Crippen LogP contribution is -2.49. The number of benzene rings is 1. The van der Waals surface area contributed by atoms with Crippen molar-refractivity contribution in [2.75, 3.05) is 7.11 Å². The van der Waals surface area contributed by atoms with Gasteiger partial charge < -0.3 is 15.0 Å². The van der Waals surface area contributed by atoms with E-state index in [1.807, 2.05) is 17.9 Å². The van der Waals surface area contributed by atoms with E-state index in [2.05, 4.69) is 24.0 Å². The minimum atomic E-state index is -0.502. The van der Waals surface area contributed by atoms with Crippen molar-refractivity contribution < 1.29 is 18.7 Å². The number of halogens is 1. The molecule has 1 saturated heterocycles. The molecule has 5 nitrogen and oxygen atoms in total. The third-order valence-electron chi connectivity index (χ3n) is 6.19. The average Bonchev–Trinajstić information content (AvgIpc) is 3.09. The van der Waals surface area contributed by atoms with Crippen LogP contribution in [0.5, 0.6) is 5.75 Å². The van der Waals surface area contributed by atoms with E-state index < -0.39 is 11.4 Å². The van der Waals surface area contributed by atoms with Crippen LogP contribution in [0.4, 0.5) is 4.39 Å². The van der Waals surface area contributed by atoms with Crippen molar-refractivity contribution in [1.29, 1.82) is 0 Å². The van der Waals surface area contributed by atoms with Crippen LogP contribution in [0.1, 0.15) is 51.0 Å². The summed E-state index contributed by atoms with van der Waals surface area (Å²) in [5.41, 5.74) is 0.375. The molecular weight excluding hydrogens is 383 g/mol. The maximum absolute atomic E-state index is 13.8. The van der Waals surface area contributed by atoms with Crippen molar-refractivity contribution in [1.82, 2.24) is 10.2 Å². The van der Waals surface area contributed by atoms with Crippen LogP contribution < -0.4 is 10.1 Å². The summed E-state index contributed by atoms with van der Waals surface area (Å²) in [6.07, 6.45) is 10.2. The second-order valence-corrected chi connectivity index (χ2v) is 8.36. The van der Waals surface area contributed by atoms with Gasteiger partial charge in [0.15, 0.2) is 11.6 Å². The Morgan fingerprint density at radius 3 is 2.93 bits per heavy atom. The molecule has 1 fully saturated rings. The molecule has 162 valence electrons. The van der Waals surface area contributed by atoms with E-state index in [0.717, 1.165) is 18.4 Å². The molecule has 0 unspecified atom stereocenters. The molecule has 0 saturated carbocycles. The first-order valence-corrected chi connectivity index (χ1v) is 10.6. The summed E-state index contributed by atoms with van der Waals surface area (Å²) in [4.78, 5) is 27.1. The molecule has 3 rings (SSSR count). The summed E-state index contributed by atoms with van der Waals surface area (Å²) < 4.78 is 18.9. The first kappa shape index (κ1) is 22.1. The maximum atomic E-state index is 13.8. The third-order valence-corrected chi connectivity index (χ3v) is 6.19. The lowest BCUT2D eigenvalue weighted by atomic mass is 9.84. The smallest absolute Gasteiger partial charge is 0.223 e. The van der Waals surface area contributed by atoms with Gasteiger partial charge in [-0.3, -0.25) is 9.59 Å². The number of nitrogens with zero attached hydrogens (tertiary/aromatic N) is 1. The number of hydrogen-bond donors (Lipinski definition) is 1. The van der Waals surface area contributed by atoms with Crippen molar-refractivity contribution in [3.05, 3.63) is 54.4 Å². The standard InChI is InChI=1S/C24H31FN2O3/c1-4-6-19-8-5-7-17(2)27(19)23(29)12-14-24(13-11-22(28)26-24)16-18-9-10-20(25)21(15-18)30-3/h4-5,7,9-10,15,17,19H,1,6,8,11-14,16H2,2-3H3,(H,26,28)/t17-,19-,24-/m1/s1. The second-order valence-electron chi connectivity index (χ2n) is 8.36. The van der Waals surface area contributed by atoms with Crippen LogP contribution in [0.15, 0.2) is 43.0 Å². The fraction of sp³-hybridized carbons (Fsp3) is 0.500. The largest absolute Gasteiger partial charge is 0.494 e. The van der Waals surface area contributed by atoms with E-state index >= 15 is 0 Å². The normalized spacial score (nSPS) is 25.8. The average molecular weight is 415 g/mol. The van der Waals surface area contributed by atoms with Crippen LogP contribution in [-0.2, 0) is 16.0 Å². The van der Waals surface area contributed by atoms with E-state index in [1.165, 1.54) is 13.2 Å². The highest BCUT2D eigenvalue weighted by Gasteiger charge is 2.39. The summed E-state index contributed by atoms with van der Waals surface area (Å²) in [7, 11) is 1.43. The summed E-state index contributed by atoms with van der Waals surface area (Å²) >= 11 is 0. The SMILES string of the molecule is C=CC[C@@H]1CC=C[C@@H](C)N1C(=O)CC[C@@]1(Cc2ccc(F)c(OC)c2)CCC(=O)N1. The fourth-order valence-electron chi connectivity index (χ4n) is 4.67. The molecule has 2 aliphatic rings. The van der Waals surface area contributed by atoms with Crippen LogP contribution in [0.3, 0.4) is 0 Å². The summed E-state index contributed by atoms with van der Waals surface area (Å²) in [6, 6.07) is 4.94. The molecule has 2 heterocycles. The molecule has 6 heteroatoms. The highest BCUT2D eigenvalue weighted by Crippen LogP contribution is 2.32. The van der Waals surface area contributed by atoms with Crippen molar-refractivity contribution in [3.63, 3.8) is 0 Å². The number of nitrogens with one attached hydrogen (secondary N) is 1. The first-order valence-electron chi connectivity index (χ1n) is 10.6. The van der Waals surface area contributed by atoms with Gasteiger partial charge in [-0.1, -0.05) is 24.3 Å². The highest BCUT2D eigenvalue weighted by molar-refractivity contribution is 5.80. The molecule has 1 aromatic rings. The molecular formula is C24H31FN2O3. The zero-order chi connectivity index (χ0) is 21.7. The Morgan fingerprint density at radius 1 is 1.47 bits per heavy atom. The van der Waals surface area contributed by atoms with E-state index in [4.69, 9.17) is 4.74 Å². The van der Waals surface area contributed by atoms with Crippen molar-refractivity contribution >= 4 is 11.8 Å². The van der Waals surface area contributed by atoms with Crippen LogP contribution in [-0.4, -0.2) is 41.4 Å². The van der Waals surface area contributed by atoms with Crippen LogP contribution in [0.2, 0.25) is 0 Å². The fourth-order valence-corrected chi connectivity index (χ4v) is 4.67. The Bertz CT molecular complexity index is 838. The highest BCUT2D eigenvalue weighted by atomic mass is 19.1. The first-order chi connectivity index (χ1) is 14.4. The van der Waals surface area contributed by atoms with E-state index in [1.54, 1.807) is 12.1 Å². The summed E-state index contributed by atoms with van der Waals surface area (Å²) in [5.74, 6) is -0.142. The predicted octanol–water partition coefficient (Wildman–Crippen LogP) is 3.93. The van der Waals surface area contributed by atoms with Crippen LogP contribution in [0.25, 0.3) is 0 Å². The molecule has 0 radical (unpaired) electrons. The molecule has 0 aliphatic carbocycles. The Morgan fingerprint density at radius 2 is 2.27 bits per heavy atom. The summed E-state index contributed by atoms with van der Waals surface area (Å²) in [6.45, 7) is 5.85. The van der Waals surface area contributed by atoms with Gasteiger partial charge >= 0.3 is 0 Å². The Kier molecular flexibility index (Phi) is 6.95. The Labute approximate surface area is 178 Å². The van der Waals surface area contributed by atoms with Crippen LogP contribution in [0, 0.1) is 5.82 Å². The van der Waals surface area contributed by atoms with Gasteiger partial charge in [-0.15, -0.1) is 6.58 Å². The quantitative estimate of drug-likeness (QED) is 0.656. The van der Waals surface area contributed by atoms with Gasteiger partial charge in [0.05, 0.1) is 7.11 Å². The predicted molar refractivity (Wildman–Crippen MR) is 115 cm³/mol. The number of carbonyl (C=O) groups is 2. The molecule has 1 N–H and O–H groups in total. The van der Waals surface area contributed by atoms with E-state index in [-0.39, 0.29) is 29.6 Å². The molecule has 3 atom stereocenters. The van der Waals surface area contributed by atoms with Crippen LogP contribution >= 0.6 is 0 Å². The minimum Gasteiger partial charge on any atom is -0.494 e. The van der Waals surface area contributed by atoms with Gasteiger partial charge in [0.25, 0.3) is 0 Å². The topological polar surface area (TPSA) is 58.6 Å². The van der Waals surface area contributed by atoms with Crippen molar-refractivity contribution in [2.24, 2.45) is 0 Å². The maximum Gasteiger partial charge on any atom is 0.223 e. The third kappa shape index (κ3) is 4.91. The summed E-state index contributed by atoms with van der Waals surface area (Å²) in [5, 5.41) is 3.10. The Balaban J connectivity index is 1.73. The number of amides is 2. The van der Waals surface area contributed by atoms with Gasteiger partial charge in [0.1, 0.15) is 0 Å². The molecule has 0 bridgehead atoms. The van der Waals surface area contributed by atoms with Gasteiger partial charge in [0.2, 0.25) is 11.8 Å². The van der Waals surface area contributed by atoms with E-state index in [9.17, 15) is 14.0 Å². The van der Waals surface area contributed by atoms with E-state index in [0.29, 0.717) is 32.1 Å². The zero-order valence-electron chi connectivity index (χ0n) is 17.8. The zero-order valence-corrected chi connectivity index (χ0v) is 17.8. The molecule has 30 heavy (non-hydrogen) atoms. The molecule has 0 aromatic heterocycles. The molecule has 1 aromatic carbocycles. The van der Waals surface area contributed by atoms with Crippen molar-refractivity contribution in [2.45, 2.75) is 69.5 Å². The number of methoxy groups -OCH3 is 1. The Hall–Kier alpha value is -2.63. The van der Waals surface area contributed by atoms with Crippen molar-refractivity contribution in [3.8, 4) is 5.75 Å². The second kappa shape index (κ2) is 9.45.